The van der Waals surface area contributed by atoms with E-state index in [1.165, 1.54) is 36.0 Å². The van der Waals surface area contributed by atoms with Crippen molar-refractivity contribution in [2.45, 2.75) is 25.7 Å². The van der Waals surface area contributed by atoms with Crippen LogP contribution in [0, 0.1) is 11.3 Å². The van der Waals surface area contributed by atoms with E-state index in [0.717, 1.165) is 33.7 Å². The minimum atomic E-state index is 0.621. The fourth-order valence-corrected chi connectivity index (χ4v) is 4.80. The van der Waals surface area contributed by atoms with Crippen LogP contribution in [0.1, 0.15) is 29.5 Å². The number of nitrogens with zero attached hydrogens (tertiary/aromatic N) is 3. The highest BCUT2D eigenvalue weighted by atomic mass is 32.1. The lowest BCUT2D eigenvalue weighted by Gasteiger charge is -2.16. The molecular weight excluding hydrogens is 364 g/mol. The molecule has 1 aliphatic rings. The second kappa shape index (κ2) is 7.06. The lowest BCUT2D eigenvalue weighted by atomic mass is 9.89. The van der Waals surface area contributed by atoms with E-state index in [0.29, 0.717) is 5.56 Å². The first-order valence-electron chi connectivity index (χ1n) is 9.43. The van der Waals surface area contributed by atoms with E-state index in [-0.39, 0.29) is 0 Å². The molecule has 2 aromatic carbocycles. The molecule has 0 fully saturated rings. The smallest absolute Gasteiger partial charge is 0.143 e. The minimum absolute atomic E-state index is 0.621. The lowest BCUT2D eigenvalue weighted by Crippen LogP contribution is -2.02. The summed E-state index contributed by atoms with van der Waals surface area (Å²) >= 11 is 1.64. The Morgan fingerprint density at radius 2 is 1.89 bits per heavy atom. The number of rotatable bonds is 3. The van der Waals surface area contributed by atoms with Gasteiger partial charge in [0.05, 0.1) is 17.0 Å². The Kier molecular flexibility index (Phi) is 4.27. The third-order valence-corrected chi connectivity index (χ3v) is 6.17. The SMILES string of the molecule is N#Cc1cccc(Nc2ncnc3scc(-c4ccc5c(c4)CCCC5)c23)c1. The molecule has 136 valence electrons. The summed E-state index contributed by atoms with van der Waals surface area (Å²) < 4.78 is 0. The van der Waals surface area contributed by atoms with Crippen molar-refractivity contribution in [2.75, 3.05) is 5.32 Å². The van der Waals surface area contributed by atoms with Gasteiger partial charge in [0.15, 0.2) is 0 Å². The van der Waals surface area contributed by atoms with Crippen LogP contribution in [0.25, 0.3) is 21.3 Å². The number of nitrogens with one attached hydrogen (secondary N) is 1. The Morgan fingerprint density at radius 1 is 1.00 bits per heavy atom. The molecule has 0 unspecified atom stereocenters. The van der Waals surface area contributed by atoms with Crippen LogP contribution in [0.5, 0.6) is 0 Å². The summed E-state index contributed by atoms with van der Waals surface area (Å²) in [6.45, 7) is 0. The van der Waals surface area contributed by atoms with Crippen LogP contribution < -0.4 is 5.32 Å². The zero-order valence-electron chi connectivity index (χ0n) is 15.3. The first-order valence-corrected chi connectivity index (χ1v) is 10.3. The van der Waals surface area contributed by atoms with Crippen molar-refractivity contribution in [2.24, 2.45) is 0 Å². The van der Waals surface area contributed by atoms with Crippen LogP contribution in [-0.2, 0) is 12.8 Å². The van der Waals surface area contributed by atoms with E-state index in [2.05, 4.69) is 44.9 Å². The standard InChI is InChI=1S/C23H18N4S/c24-12-15-4-3-7-19(10-15)27-22-21-20(13-28-23(21)26-14-25-22)18-9-8-16-5-1-2-6-17(16)11-18/h3-4,7-11,13-14H,1-2,5-6H2,(H,25,26,27). The number of thiophene rings is 1. The van der Waals surface area contributed by atoms with E-state index in [1.54, 1.807) is 23.7 Å². The van der Waals surface area contributed by atoms with Gasteiger partial charge >= 0.3 is 0 Å². The Hall–Kier alpha value is -3.23. The topological polar surface area (TPSA) is 61.6 Å². The van der Waals surface area contributed by atoms with Gasteiger partial charge in [0.2, 0.25) is 0 Å². The molecule has 0 radical (unpaired) electrons. The molecule has 0 saturated carbocycles. The molecule has 0 atom stereocenters. The van der Waals surface area contributed by atoms with E-state index in [9.17, 15) is 0 Å². The van der Waals surface area contributed by atoms with Crippen LogP contribution in [0.3, 0.4) is 0 Å². The number of hydrogen-bond acceptors (Lipinski definition) is 5. The number of nitriles is 1. The van der Waals surface area contributed by atoms with Crippen LogP contribution in [0.4, 0.5) is 11.5 Å². The van der Waals surface area contributed by atoms with Crippen molar-refractivity contribution in [3.63, 3.8) is 0 Å². The maximum atomic E-state index is 9.15. The first-order chi connectivity index (χ1) is 13.8. The van der Waals surface area contributed by atoms with Gasteiger partial charge in [-0.05, 0) is 60.6 Å². The van der Waals surface area contributed by atoms with Crippen molar-refractivity contribution in [3.8, 4) is 17.2 Å². The van der Waals surface area contributed by atoms with E-state index in [4.69, 9.17) is 5.26 Å². The molecule has 0 saturated heterocycles. The predicted octanol–water partition coefficient (Wildman–Crippen LogP) is 5.85. The maximum absolute atomic E-state index is 9.15. The Balaban J connectivity index is 1.60. The fourth-order valence-electron chi connectivity index (χ4n) is 3.89. The Morgan fingerprint density at radius 3 is 2.79 bits per heavy atom. The third kappa shape index (κ3) is 3.02. The van der Waals surface area contributed by atoms with Crippen LogP contribution in [-0.4, -0.2) is 9.97 Å². The second-order valence-corrected chi connectivity index (χ2v) is 7.92. The van der Waals surface area contributed by atoms with Gasteiger partial charge in [0.25, 0.3) is 0 Å². The van der Waals surface area contributed by atoms with Crippen molar-refractivity contribution >= 4 is 33.1 Å². The summed E-state index contributed by atoms with van der Waals surface area (Å²) in [6, 6.07) is 16.5. The molecule has 2 heterocycles. The van der Waals surface area contributed by atoms with Crippen molar-refractivity contribution in [1.29, 1.82) is 5.26 Å². The predicted molar refractivity (Wildman–Crippen MR) is 114 cm³/mol. The number of hydrogen-bond donors (Lipinski definition) is 1. The van der Waals surface area contributed by atoms with E-state index in [1.807, 2.05) is 18.2 Å². The number of aryl methyl sites for hydroxylation is 2. The largest absolute Gasteiger partial charge is 0.340 e. The summed E-state index contributed by atoms with van der Waals surface area (Å²) in [5.74, 6) is 0.772. The summed E-state index contributed by atoms with van der Waals surface area (Å²) in [7, 11) is 0. The monoisotopic (exact) mass is 382 g/mol. The second-order valence-electron chi connectivity index (χ2n) is 7.06. The quantitative estimate of drug-likeness (QED) is 0.482. The molecule has 0 bridgehead atoms. The van der Waals surface area contributed by atoms with Crippen LogP contribution >= 0.6 is 11.3 Å². The molecule has 1 N–H and O–H groups in total. The van der Waals surface area contributed by atoms with E-state index >= 15 is 0 Å². The average Bonchev–Trinajstić information content (AvgIpc) is 3.19. The maximum Gasteiger partial charge on any atom is 0.143 e. The number of fused-ring (bicyclic) bond motifs is 2. The molecule has 5 rings (SSSR count). The number of benzene rings is 2. The average molecular weight is 382 g/mol. The zero-order valence-corrected chi connectivity index (χ0v) is 16.1. The van der Waals surface area contributed by atoms with Gasteiger partial charge in [-0.1, -0.05) is 24.3 Å². The summed E-state index contributed by atoms with van der Waals surface area (Å²) in [4.78, 5) is 9.93. The molecule has 4 aromatic rings. The molecule has 28 heavy (non-hydrogen) atoms. The van der Waals surface area contributed by atoms with Gasteiger partial charge in [-0.3, -0.25) is 0 Å². The molecule has 5 heteroatoms. The molecule has 1 aliphatic carbocycles. The summed E-state index contributed by atoms with van der Waals surface area (Å²) in [6.07, 6.45) is 6.49. The van der Waals surface area contributed by atoms with Gasteiger partial charge in [0, 0.05) is 16.6 Å². The third-order valence-electron chi connectivity index (χ3n) is 5.28. The van der Waals surface area contributed by atoms with Gasteiger partial charge in [-0.15, -0.1) is 11.3 Å². The number of anilines is 2. The molecule has 2 aromatic heterocycles. The number of aromatic nitrogens is 2. The molecule has 0 aliphatic heterocycles. The minimum Gasteiger partial charge on any atom is -0.340 e. The van der Waals surface area contributed by atoms with Gasteiger partial charge in [-0.25, -0.2) is 9.97 Å². The normalized spacial score (nSPS) is 13.1. The Labute approximate surface area is 167 Å². The van der Waals surface area contributed by atoms with Gasteiger partial charge in [-0.2, -0.15) is 5.26 Å². The van der Waals surface area contributed by atoms with Crippen LogP contribution in [0.2, 0.25) is 0 Å². The Bertz CT molecular complexity index is 1220. The molecular formula is C23H18N4S. The van der Waals surface area contributed by atoms with Gasteiger partial charge < -0.3 is 5.32 Å². The fraction of sp³-hybridized carbons (Fsp3) is 0.174. The highest BCUT2D eigenvalue weighted by Gasteiger charge is 2.16. The highest BCUT2D eigenvalue weighted by Crippen LogP contribution is 2.38. The lowest BCUT2D eigenvalue weighted by molar-refractivity contribution is 0.686. The molecule has 0 spiro atoms. The van der Waals surface area contributed by atoms with E-state index < -0.39 is 0 Å². The van der Waals surface area contributed by atoms with Crippen molar-refractivity contribution in [3.05, 3.63) is 70.9 Å². The van der Waals surface area contributed by atoms with Crippen molar-refractivity contribution in [1.82, 2.24) is 9.97 Å². The molecule has 4 nitrogen and oxygen atoms in total. The van der Waals surface area contributed by atoms with Crippen molar-refractivity contribution < 1.29 is 0 Å². The zero-order chi connectivity index (χ0) is 18.9. The van der Waals surface area contributed by atoms with Gasteiger partial charge in [0.1, 0.15) is 17.0 Å². The molecule has 0 amide bonds. The van der Waals surface area contributed by atoms with Crippen LogP contribution in [0.15, 0.2) is 54.2 Å². The summed E-state index contributed by atoms with van der Waals surface area (Å²) in [5, 5.41) is 15.7. The summed E-state index contributed by atoms with van der Waals surface area (Å²) in [5.41, 5.74) is 6.80. The first kappa shape index (κ1) is 16.9. The highest BCUT2D eigenvalue weighted by molar-refractivity contribution is 7.17.